The fraction of sp³-hybridized carbons (Fsp3) is 0.440. The Morgan fingerprint density at radius 3 is 2.27 bits per heavy atom. The molecule has 176 valence electrons. The summed E-state index contributed by atoms with van der Waals surface area (Å²) in [7, 11) is 0. The van der Waals surface area contributed by atoms with Crippen LogP contribution >= 0.6 is 12.2 Å². The quantitative estimate of drug-likeness (QED) is 0.628. The van der Waals surface area contributed by atoms with Gasteiger partial charge in [-0.05, 0) is 60.1 Å². The highest BCUT2D eigenvalue weighted by Crippen LogP contribution is 2.36. The van der Waals surface area contributed by atoms with Gasteiger partial charge in [-0.25, -0.2) is 8.78 Å². The van der Waals surface area contributed by atoms with Crippen molar-refractivity contribution in [1.29, 1.82) is 0 Å². The van der Waals surface area contributed by atoms with E-state index in [-0.39, 0.29) is 29.5 Å². The lowest BCUT2D eigenvalue weighted by Crippen LogP contribution is -2.59. The topological polar surface area (TPSA) is 47.6 Å². The van der Waals surface area contributed by atoms with Crippen molar-refractivity contribution in [3.63, 3.8) is 0 Å². The zero-order valence-corrected chi connectivity index (χ0v) is 19.8. The number of piperidine rings is 1. The largest absolute Gasteiger partial charge is 0.349 e. The number of likely N-dealkylation sites (tertiary alicyclic amines) is 1. The number of nitrogens with zero attached hydrogens (tertiary/aromatic N) is 2. The molecule has 4 rings (SSSR count). The summed E-state index contributed by atoms with van der Waals surface area (Å²) < 4.78 is 26.6. The van der Waals surface area contributed by atoms with E-state index in [1.165, 1.54) is 24.3 Å². The Bertz CT molecular complexity index is 990. The van der Waals surface area contributed by atoms with E-state index in [1.807, 2.05) is 4.90 Å². The number of halogens is 2. The molecule has 1 spiro atoms. The molecule has 0 radical (unpaired) electrons. The van der Waals surface area contributed by atoms with Crippen LogP contribution in [0.1, 0.15) is 38.7 Å². The van der Waals surface area contributed by atoms with Crippen molar-refractivity contribution >= 4 is 28.9 Å². The summed E-state index contributed by atoms with van der Waals surface area (Å²) in [6.45, 7) is 6.00. The molecule has 2 N–H and O–H groups in total. The van der Waals surface area contributed by atoms with Gasteiger partial charge in [-0.2, -0.15) is 0 Å². The molecular weight excluding hydrogens is 442 g/mol. The number of hydrogen-bond donors (Lipinski definition) is 2. The Balaban J connectivity index is 1.48. The zero-order valence-electron chi connectivity index (χ0n) is 19.0. The fourth-order valence-corrected chi connectivity index (χ4v) is 4.96. The van der Waals surface area contributed by atoms with E-state index in [0.29, 0.717) is 24.7 Å². The van der Waals surface area contributed by atoms with Gasteiger partial charge in [0.1, 0.15) is 11.6 Å². The predicted molar refractivity (Wildman–Crippen MR) is 129 cm³/mol. The van der Waals surface area contributed by atoms with Crippen LogP contribution in [0.15, 0.2) is 48.5 Å². The standard InChI is InChI=1S/C25H30F2N4OS/c1-3-17(2)22-23(32)31(16-18-4-6-19(26)7-5-18)25(29-22)12-14-30(15-13-25)24(33)28-21-10-8-20(27)9-11-21/h4-11,17,22,29H,3,12-16H2,1-2H3,(H,28,33)/t17-,22+/m1/s1. The van der Waals surface area contributed by atoms with Gasteiger partial charge >= 0.3 is 0 Å². The van der Waals surface area contributed by atoms with E-state index < -0.39 is 5.66 Å². The SMILES string of the molecule is CC[C@@H](C)[C@@H]1NC2(CCN(C(=S)Nc3ccc(F)cc3)CC2)N(Cc2ccc(F)cc2)C1=O. The van der Waals surface area contributed by atoms with E-state index in [0.717, 1.165) is 30.5 Å². The minimum absolute atomic E-state index is 0.106. The molecular formula is C25H30F2N4OS. The fourth-order valence-electron chi connectivity index (χ4n) is 4.66. The second-order valence-corrected chi connectivity index (χ2v) is 9.40. The van der Waals surface area contributed by atoms with E-state index in [4.69, 9.17) is 12.2 Å². The maximum atomic E-state index is 13.4. The number of benzene rings is 2. The van der Waals surface area contributed by atoms with Gasteiger partial charge in [0.05, 0.1) is 11.7 Å². The first-order valence-electron chi connectivity index (χ1n) is 11.5. The normalized spacial score (nSPS) is 20.8. The van der Waals surface area contributed by atoms with Crippen molar-refractivity contribution in [2.45, 2.75) is 51.4 Å². The molecule has 2 atom stereocenters. The molecule has 5 nitrogen and oxygen atoms in total. The second kappa shape index (κ2) is 9.73. The van der Waals surface area contributed by atoms with Crippen LogP contribution < -0.4 is 10.6 Å². The lowest BCUT2D eigenvalue weighted by Gasteiger charge is -2.45. The molecule has 2 aliphatic heterocycles. The number of nitrogens with one attached hydrogen (secondary N) is 2. The van der Waals surface area contributed by atoms with Crippen LogP contribution in [0.25, 0.3) is 0 Å². The average molecular weight is 473 g/mol. The summed E-state index contributed by atoms with van der Waals surface area (Å²) in [5, 5.41) is 7.43. The lowest BCUT2D eigenvalue weighted by atomic mass is 9.95. The number of amides is 1. The summed E-state index contributed by atoms with van der Waals surface area (Å²) in [5.74, 6) is -0.256. The Morgan fingerprint density at radius 1 is 1.12 bits per heavy atom. The van der Waals surface area contributed by atoms with Gasteiger partial charge < -0.3 is 15.1 Å². The molecule has 0 bridgehead atoms. The van der Waals surface area contributed by atoms with Gasteiger partial charge in [-0.3, -0.25) is 10.1 Å². The maximum absolute atomic E-state index is 13.4. The third-order valence-corrected chi connectivity index (χ3v) is 7.27. The molecule has 2 saturated heterocycles. The highest BCUT2D eigenvalue weighted by Gasteiger charge is 2.52. The van der Waals surface area contributed by atoms with Crippen molar-refractivity contribution in [2.75, 3.05) is 18.4 Å². The maximum Gasteiger partial charge on any atom is 0.241 e. The van der Waals surface area contributed by atoms with Crippen LogP contribution in [-0.2, 0) is 11.3 Å². The molecule has 0 aliphatic carbocycles. The van der Waals surface area contributed by atoms with E-state index in [9.17, 15) is 13.6 Å². The van der Waals surface area contributed by atoms with Gasteiger partial charge in [0.15, 0.2) is 5.11 Å². The average Bonchev–Trinajstić information content (AvgIpc) is 3.08. The number of hydrogen-bond acceptors (Lipinski definition) is 3. The van der Waals surface area contributed by atoms with Crippen LogP contribution in [0.4, 0.5) is 14.5 Å². The summed E-state index contributed by atoms with van der Waals surface area (Å²) >= 11 is 5.59. The number of rotatable bonds is 5. The zero-order chi connectivity index (χ0) is 23.6. The second-order valence-electron chi connectivity index (χ2n) is 9.01. The van der Waals surface area contributed by atoms with Gasteiger partial charge in [0, 0.05) is 38.2 Å². The highest BCUT2D eigenvalue weighted by molar-refractivity contribution is 7.80. The molecule has 0 aromatic heterocycles. The van der Waals surface area contributed by atoms with Gasteiger partial charge in [-0.15, -0.1) is 0 Å². The minimum Gasteiger partial charge on any atom is -0.349 e. The molecule has 2 fully saturated rings. The molecule has 0 unspecified atom stereocenters. The molecule has 2 heterocycles. The van der Waals surface area contributed by atoms with Crippen molar-refractivity contribution in [2.24, 2.45) is 5.92 Å². The molecule has 0 saturated carbocycles. The molecule has 2 aromatic rings. The van der Waals surface area contributed by atoms with Gasteiger partial charge in [0.25, 0.3) is 0 Å². The van der Waals surface area contributed by atoms with Crippen LogP contribution in [0.2, 0.25) is 0 Å². The molecule has 2 aliphatic rings. The van der Waals surface area contributed by atoms with Crippen molar-refractivity contribution in [1.82, 2.24) is 15.1 Å². The Hall–Kier alpha value is -2.58. The predicted octanol–water partition coefficient (Wildman–Crippen LogP) is 4.50. The molecule has 8 heteroatoms. The van der Waals surface area contributed by atoms with E-state index in [2.05, 4.69) is 29.4 Å². The minimum atomic E-state index is -0.457. The summed E-state index contributed by atoms with van der Waals surface area (Å²) in [5.41, 5.74) is 1.19. The Labute approximate surface area is 199 Å². The summed E-state index contributed by atoms with van der Waals surface area (Å²) in [4.78, 5) is 17.5. The van der Waals surface area contributed by atoms with Crippen LogP contribution in [0, 0.1) is 17.6 Å². The van der Waals surface area contributed by atoms with Crippen molar-refractivity contribution in [3.05, 3.63) is 65.7 Å². The highest BCUT2D eigenvalue weighted by atomic mass is 32.1. The van der Waals surface area contributed by atoms with E-state index >= 15 is 0 Å². The molecule has 33 heavy (non-hydrogen) atoms. The van der Waals surface area contributed by atoms with Crippen molar-refractivity contribution < 1.29 is 13.6 Å². The smallest absolute Gasteiger partial charge is 0.241 e. The first-order chi connectivity index (χ1) is 15.8. The number of anilines is 1. The third kappa shape index (κ3) is 5.01. The first kappa shape index (κ1) is 23.6. The molecule has 1 amide bonds. The van der Waals surface area contributed by atoms with Crippen LogP contribution in [0.3, 0.4) is 0 Å². The Kier molecular flexibility index (Phi) is 6.95. The van der Waals surface area contributed by atoms with Gasteiger partial charge in [-0.1, -0.05) is 32.4 Å². The number of carbonyl (C=O) groups is 1. The monoisotopic (exact) mass is 472 g/mol. The van der Waals surface area contributed by atoms with Crippen LogP contribution in [-0.4, -0.2) is 45.6 Å². The number of thiocarbonyl (C=S) groups is 1. The Morgan fingerprint density at radius 2 is 1.70 bits per heavy atom. The summed E-state index contributed by atoms with van der Waals surface area (Å²) in [6.07, 6.45) is 2.35. The lowest BCUT2D eigenvalue weighted by molar-refractivity contribution is -0.134. The van der Waals surface area contributed by atoms with Gasteiger partial charge in [0.2, 0.25) is 5.91 Å². The van der Waals surface area contributed by atoms with E-state index in [1.54, 1.807) is 24.3 Å². The summed E-state index contributed by atoms with van der Waals surface area (Å²) in [6, 6.07) is 12.2. The first-order valence-corrected chi connectivity index (χ1v) is 11.9. The van der Waals surface area contributed by atoms with Crippen molar-refractivity contribution in [3.8, 4) is 0 Å². The van der Waals surface area contributed by atoms with Crippen LogP contribution in [0.5, 0.6) is 0 Å². The third-order valence-electron chi connectivity index (χ3n) is 6.91. The number of carbonyl (C=O) groups excluding carboxylic acids is 1. The molecule has 2 aromatic carbocycles.